The van der Waals surface area contributed by atoms with Crippen LogP contribution in [0, 0.1) is 0 Å². The van der Waals surface area contributed by atoms with Crippen LogP contribution in [0.15, 0.2) is 63.0 Å². The molecular weight excluding hydrogens is 462 g/mol. The number of fused-ring (bicyclic) bond motifs is 2. The molecule has 0 bridgehead atoms. The van der Waals surface area contributed by atoms with Crippen molar-refractivity contribution in [2.75, 3.05) is 12.3 Å². The Morgan fingerprint density at radius 1 is 1.14 bits per heavy atom. The van der Waals surface area contributed by atoms with Crippen LogP contribution in [0.2, 0.25) is 0 Å². The average molecular weight is 490 g/mol. The minimum Gasteiger partial charge on any atom is -0.411 e. The van der Waals surface area contributed by atoms with Crippen molar-refractivity contribution in [3.05, 3.63) is 70.3 Å². The molecule has 0 fully saturated rings. The Balaban J connectivity index is 1.23. The summed E-state index contributed by atoms with van der Waals surface area (Å²) in [6.45, 7) is 3.37. The molecule has 9 heteroatoms. The molecule has 0 aliphatic carbocycles. The number of nitrogens with zero attached hydrogens (tertiary/aromatic N) is 4. The fraction of sp³-hybridized carbons (Fsp3) is 0.346. The second kappa shape index (κ2) is 10.4. The molecule has 1 aliphatic heterocycles. The normalized spacial score (nSPS) is 14.3. The first-order chi connectivity index (χ1) is 17.1. The number of aryl methyl sites for hydroxylation is 1. The first-order valence-corrected chi connectivity index (χ1v) is 12.9. The number of nitrogens with one attached hydrogen (secondary N) is 1. The summed E-state index contributed by atoms with van der Waals surface area (Å²) >= 11 is 1.20. The molecule has 5 rings (SSSR count). The molecule has 2 aromatic carbocycles. The van der Waals surface area contributed by atoms with E-state index in [1.807, 2.05) is 28.8 Å². The van der Waals surface area contributed by atoms with E-state index in [9.17, 15) is 9.59 Å². The molecule has 0 spiro atoms. The van der Waals surface area contributed by atoms with Crippen LogP contribution in [0.4, 0.5) is 0 Å². The molecule has 180 valence electrons. The van der Waals surface area contributed by atoms with Gasteiger partial charge in [0.25, 0.3) is 10.8 Å². The molecule has 1 amide bonds. The van der Waals surface area contributed by atoms with Crippen LogP contribution in [-0.4, -0.2) is 38.0 Å². The van der Waals surface area contributed by atoms with Gasteiger partial charge in [0, 0.05) is 25.1 Å². The summed E-state index contributed by atoms with van der Waals surface area (Å²) in [6.07, 6.45) is 3.96. The standard InChI is InChI=1S/C26H27N5O3S/c1-17(18-8-4-2-5-9-18)15-27-23(32)16-35-26-30-29-24(34-26)19-11-12-20-21(14-19)28-22-10-6-3-7-13-31(22)25(20)33/h2,4-5,8-9,11-12,14,17H,3,6-7,10,13,15-16H2,1H3,(H,27,32). The highest BCUT2D eigenvalue weighted by Gasteiger charge is 2.16. The summed E-state index contributed by atoms with van der Waals surface area (Å²) in [5, 5.41) is 12.1. The number of carbonyl (C=O) groups excluding carboxylic acids is 1. The van der Waals surface area contributed by atoms with Gasteiger partial charge in [-0.3, -0.25) is 14.2 Å². The Bertz CT molecular complexity index is 1400. The number of carbonyl (C=O) groups is 1. The summed E-state index contributed by atoms with van der Waals surface area (Å²) in [5.74, 6) is 1.50. The number of amides is 1. The molecule has 3 heterocycles. The molecule has 8 nitrogen and oxygen atoms in total. The molecule has 1 aliphatic rings. The Labute approximate surface area is 207 Å². The SMILES string of the molecule is CC(CNC(=O)CSc1nnc(-c2ccc3c(=O)n4c(nc3c2)CCCCC4)o1)c1ccccc1. The summed E-state index contributed by atoms with van der Waals surface area (Å²) in [5.41, 5.74) is 2.53. The smallest absolute Gasteiger partial charge is 0.277 e. The van der Waals surface area contributed by atoms with Crippen molar-refractivity contribution in [2.24, 2.45) is 0 Å². The number of hydrogen-bond acceptors (Lipinski definition) is 7. The lowest BCUT2D eigenvalue weighted by Crippen LogP contribution is -2.28. The van der Waals surface area contributed by atoms with Gasteiger partial charge in [-0.1, -0.05) is 55.4 Å². The van der Waals surface area contributed by atoms with Gasteiger partial charge in [-0.05, 0) is 42.5 Å². The monoisotopic (exact) mass is 489 g/mol. The Morgan fingerprint density at radius 3 is 2.86 bits per heavy atom. The number of rotatable bonds is 7. The van der Waals surface area contributed by atoms with Crippen LogP contribution in [0.3, 0.4) is 0 Å². The number of benzene rings is 2. The van der Waals surface area contributed by atoms with Gasteiger partial charge >= 0.3 is 0 Å². The maximum absolute atomic E-state index is 12.9. The summed E-state index contributed by atoms with van der Waals surface area (Å²) < 4.78 is 7.58. The third-order valence-corrected chi connectivity index (χ3v) is 7.09. The van der Waals surface area contributed by atoms with Crippen molar-refractivity contribution in [1.82, 2.24) is 25.1 Å². The van der Waals surface area contributed by atoms with Gasteiger partial charge in [0.2, 0.25) is 11.8 Å². The molecule has 0 saturated carbocycles. The second-order valence-electron chi connectivity index (χ2n) is 8.81. The van der Waals surface area contributed by atoms with Crippen molar-refractivity contribution in [1.29, 1.82) is 0 Å². The fourth-order valence-corrected chi connectivity index (χ4v) is 4.87. The quantitative estimate of drug-likeness (QED) is 0.388. The van der Waals surface area contributed by atoms with E-state index in [0.29, 0.717) is 34.1 Å². The summed E-state index contributed by atoms with van der Waals surface area (Å²) in [7, 11) is 0. The van der Waals surface area contributed by atoms with Crippen LogP contribution < -0.4 is 10.9 Å². The lowest BCUT2D eigenvalue weighted by atomic mass is 10.0. The second-order valence-corrected chi connectivity index (χ2v) is 9.73. The van der Waals surface area contributed by atoms with Gasteiger partial charge in [-0.2, -0.15) is 0 Å². The fourth-order valence-electron chi connectivity index (χ4n) is 4.28. The number of hydrogen-bond donors (Lipinski definition) is 1. The van der Waals surface area contributed by atoms with Gasteiger partial charge in [-0.15, -0.1) is 10.2 Å². The third-order valence-electron chi connectivity index (χ3n) is 6.27. The van der Waals surface area contributed by atoms with E-state index in [1.54, 1.807) is 12.1 Å². The zero-order valence-corrected chi connectivity index (χ0v) is 20.4. The van der Waals surface area contributed by atoms with Crippen LogP contribution in [0.25, 0.3) is 22.4 Å². The van der Waals surface area contributed by atoms with Gasteiger partial charge < -0.3 is 9.73 Å². The minimum atomic E-state index is -0.0893. The highest BCUT2D eigenvalue weighted by molar-refractivity contribution is 7.99. The van der Waals surface area contributed by atoms with E-state index in [1.165, 1.54) is 17.3 Å². The minimum absolute atomic E-state index is 0.00724. The Hall–Kier alpha value is -3.46. The maximum Gasteiger partial charge on any atom is 0.277 e. The molecular formula is C26H27N5O3S. The molecule has 1 unspecified atom stereocenters. The molecule has 0 saturated heterocycles. The lowest BCUT2D eigenvalue weighted by molar-refractivity contribution is -0.118. The highest BCUT2D eigenvalue weighted by Crippen LogP contribution is 2.25. The summed E-state index contributed by atoms with van der Waals surface area (Å²) in [6, 6.07) is 15.5. The van der Waals surface area contributed by atoms with E-state index in [-0.39, 0.29) is 23.1 Å². The van der Waals surface area contributed by atoms with Crippen molar-refractivity contribution in [2.45, 2.75) is 50.3 Å². The van der Waals surface area contributed by atoms with Crippen LogP contribution in [0.1, 0.15) is 43.5 Å². The molecule has 1 atom stereocenters. The number of aromatic nitrogens is 4. The summed E-state index contributed by atoms with van der Waals surface area (Å²) in [4.78, 5) is 30.0. The maximum atomic E-state index is 12.9. The van der Waals surface area contributed by atoms with E-state index >= 15 is 0 Å². The van der Waals surface area contributed by atoms with Crippen molar-refractivity contribution >= 4 is 28.6 Å². The molecule has 35 heavy (non-hydrogen) atoms. The number of thioether (sulfide) groups is 1. The predicted octanol–water partition coefficient (Wildman–Crippen LogP) is 4.18. The average Bonchev–Trinajstić information content (AvgIpc) is 3.24. The Morgan fingerprint density at radius 2 is 2.00 bits per heavy atom. The van der Waals surface area contributed by atoms with Crippen molar-refractivity contribution < 1.29 is 9.21 Å². The van der Waals surface area contributed by atoms with E-state index in [4.69, 9.17) is 9.40 Å². The first kappa shape index (κ1) is 23.3. The van der Waals surface area contributed by atoms with Crippen LogP contribution in [0.5, 0.6) is 0 Å². The lowest BCUT2D eigenvalue weighted by Gasteiger charge is -2.12. The van der Waals surface area contributed by atoms with E-state index in [0.717, 1.165) is 38.1 Å². The van der Waals surface area contributed by atoms with Crippen LogP contribution >= 0.6 is 11.8 Å². The molecule has 4 aromatic rings. The molecule has 1 N–H and O–H groups in total. The first-order valence-electron chi connectivity index (χ1n) is 11.9. The van der Waals surface area contributed by atoms with Crippen molar-refractivity contribution in [3.63, 3.8) is 0 Å². The zero-order valence-electron chi connectivity index (χ0n) is 19.6. The largest absolute Gasteiger partial charge is 0.411 e. The van der Waals surface area contributed by atoms with Gasteiger partial charge in [0.1, 0.15) is 5.82 Å². The van der Waals surface area contributed by atoms with E-state index < -0.39 is 0 Å². The van der Waals surface area contributed by atoms with Crippen molar-refractivity contribution in [3.8, 4) is 11.5 Å². The molecule has 0 radical (unpaired) electrons. The van der Waals surface area contributed by atoms with Gasteiger partial charge in [0.05, 0.1) is 16.7 Å². The zero-order chi connectivity index (χ0) is 24.2. The third kappa shape index (κ3) is 5.30. The predicted molar refractivity (Wildman–Crippen MR) is 135 cm³/mol. The highest BCUT2D eigenvalue weighted by atomic mass is 32.2. The Kier molecular flexibility index (Phi) is 6.94. The molecule has 2 aromatic heterocycles. The van der Waals surface area contributed by atoms with Crippen LogP contribution in [-0.2, 0) is 17.8 Å². The van der Waals surface area contributed by atoms with Gasteiger partial charge in [0.15, 0.2) is 0 Å². The van der Waals surface area contributed by atoms with E-state index in [2.05, 4.69) is 34.6 Å². The van der Waals surface area contributed by atoms with Gasteiger partial charge in [-0.25, -0.2) is 4.98 Å². The topological polar surface area (TPSA) is 103 Å².